The van der Waals surface area contributed by atoms with E-state index in [4.69, 9.17) is 15.0 Å². The number of allylic oxidation sites excluding steroid dienone is 4. The highest BCUT2D eigenvalue weighted by molar-refractivity contribution is 6.25. The lowest BCUT2D eigenvalue weighted by molar-refractivity contribution is 1.01. The van der Waals surface area contributed by atoms with Gasteiger partial charge in [-0.15, -0.1) is 0 Å². The van der Waals surface area contributed by atoms with E-state index in [0.717, 1.165) is 62.9 Å². The topological polar surface area (TPSA) is 38.7 Å². The van der Waals surface area contributed by atoms with E-state index in [9.17, 15) is 0 Å². The molecule has 0 bridgehead atoms. The van der Waals surface area contributed by atoms with E-state index in [-0.39, 0.29) is 0 Å². The van der Waals surface area contributed by atoms with Crippen LogP contribution in [0.15, 0.2) is 212 Å². The van der Waals surface area contributed by atoms with Gasteiger partial charge in [-0.1, -0.05) is 194 Å². The molecule has 1 aliphatic rings. The van der Waals surface area contributed by atoms with Gasteiger partial charge in [0.1, 0.15) is 0 Å². The third kappa shape index (κ3) is 6.47. The molecule has 1 aromatic heterocycles. The molecule has 3 heteroatoms. The van der Waals surface area contributed by atoms with Gasteiger partial charge in [0.15, 0.2) is 17.5 Å². The summed E-state index contributed by atoms with van der Waals surface area (Å²) in [5.74, 6) is 1.96. The highest BCUT2D eigenvalue weighted by atomic mass is 15.0. The van der Waals surface area contributed by atoms with Gasteiger partial charge in [-0.3, -0.25) is 0 Å². The molecule has 0 unspecified atom stereocenters. The van der Waals surface area contributed by atoms with Crippen molar-refractivity contribution >= 4 is 43.5 Å². The summed E-state index contributed by atoms with van der Waals surface area (Å²) >= 11 is 0. The molecule has 11 rings (SSSR count). The van der Waals surface area contributed by atoms with Gasteiger partial charge in [0.25, 0.3) is 0 Å². The maximum atomic E-state index is 5.32. The Bertz CT molecular complexity index is 3270. The Balaban J connectivity index is 1.08. The second kappa shape index (κ2) is 15.2. The minimum atomic E-state index is 0.641. The molecule has 10 aromatic rings. The first kappa shape index (κ1) is 35.4. The molecule has 0 saturated heterocycles. The fourth-order valence-corrected chi connectivity index (χ4v) is 8.92. The van der Waals surface area contributed by atoms with Crippen molar-refractivity contribution in [1.82, 2.24) is 15.0 Å². The Morgan fingerprint density at radius 1 is 0.300 bits per heavy atom. The van der Waals surface area contributed by atoms with Gasteiger partial charge in [-0.25, -0.2) is 15.0 Å². The average Bonchev–Trinajstić information content (AvgIpc) is 3.34. The van der Waals surface area contributed by atoms with Crippen molar-refractivity contribution in [2.75, 3.05) is 0 Å². The van der Waals surface area contributed by atoms with Crippen LogP contribution in [0.25, 0.3) is 99.6 Å². The first-order chi connectivity index (χ1) is 29.7. The Labute approximate surface area is 349 Å². The van der Waals surface area contributed by atoms with Crippen molar-refractivity contribution in [3.8, 4) is 56.2 Å². The molecule has 0 N–H and O–H groups in total. The van der Waals surface area contributed by atoms with Gasteiger partial charge in [0, 0.05) is 16.7 Å². The molecule has 1 aliphatic carbocycles. The van der Waals surface area contributed by atoms with E-state index in [1.165, 1.54) is 43.5 Å². The van der Waals surface area contributed by atoms with Crippen LogP contribution in [0.3, 0.4) is 0 Å². The Kier molecular flexibility index (Phi) is 8.98. The summed E-state index contributed by atoms with van der Waals surface area (Å²) in [6.45, 7) is 0. The Morgan fingerprint density at radius 2 is 0.800 bits per heavy atom. The van der Waals surface area contributed by atoms with Crippen molar-refractivity contribution in [3.63, 3.8) is 0 Å². The van der Waals surface area contributed by atoms with Gasteiger partial charge in [0.05, 0.1) is 0 Å². The molecule has 0 atom stereocenters. The lowest BCUT2D eigenvalue weighted by atomic mass is 9.88. The largest absolute Gasteiger partial charge is 0.208 e. The van der Waals surface area contributed by atoms with Crippen molar-refractivity contribution < 1.29 is 0 Å². The Morgan fingerprint density at radius 3 is 1.50 bits per heavy atom. The van der Waals surface area contributed by atoms with E-state index in [1.807, 2.05) is 6.07 Å². The molecule has 0 amide bonds. The first-order valence-electron chi connectivity index (χ1n) is 20.7. The van der Waals surface area contributed by atoms with Gasteiger partial charge in [-0.2, -0.15) is 0 Å². The van der Waals surface area contributed by atoms with Gasteiger partial charge in [0.2, 0.25) is 0 Å². The monoisotopic (exact) mass is 765 g/mol. The van der Waals surface area contributed by atoms with E-state index in [1.54, 1.807) is 0 Å². The lowest BCUT2D eigenvalue weighted by Crippen LogP contribution is -2.04. The molecular formula is C57H39N3. The van der Waals surface area contributed by atoms with Crippen molar-refractivity contribution in [2.45, 2.75) is 12.8 Å². The molecule has 0 radical (unpaired) electrons. The van der Waals surface area contributed by atoms with E-state index >= 15 is 0 Å². The van der Waals surface area contributed by atoms with Crippen LogP contribution < -0.4 is 0 Å². The fraction of sp³-hybridized carbons (Fsp3) is 0.0351. The maximum absolute atomic E-state index is 5.32. The van der Waals surface area contributed by atoms with Gasteiger partial charge in [-0.05, 0) is 108 Å². The summed E-state index contributed by atoms with van der Waals surface area (Å²) in [5.41, 5.74) is 12.2. The van der Waals surface area contributed by atoms with Crippen LogP contribution in [0.2, 0.25) is 0 Å². The molecule has 282 valence electrons. The minimum absolute atomic E-state index is 0.641. The molecule has 1 heterocycles. The molecule has 9 aromatic carbocycles. The summed E-state index contributed by atoms with van der Waals surface area (Å²) in [4.78, 5) is 15.8. The zero-order valence-electron chi connectivity index (χ0n) is 33.0. The fourth-order valence-electron chi connectivity index (χ4n) is 8.92. The second-order valence-corrected chi connectivity index (χ2v) is 15.4. The standard InChI is InChI=1S/C57H39N3/c1-3-17-38(18-4-1)40-21-15-23-43(35-40)55-58-56(44-24-16-22-41(36-44)39-19-5-2-6-20-39)60-57(59-55)53-32-14-13-30-50(53)46-26-8-7-25-45(46)42-33-34-52-49-29-10-9-27-47(49)48-28-11-12-31-51(48)54(52)37-42/h1-15,17-21,23-37H,16,22H2. The number of aromatic nitrogens is 3. The van der Waals surface area contributed by atoms with Crippen LogP contribution in [0, 0.1) is 0 Å². The highest BCUT2D eigenvalue weighted by Gasteiger charge is 2.20. The highest BCUT2D eigenvalue weighted by Crippen LogP contribution is 2.42. The summed E-state index contributed by atoms with van der Waals surface area (Å²) in [6, 6.07) is 71.4. The number of rotatable bonds is 7. The number of hydrogen-bond donors (Lipinski definition) is 0. The number of fused-ring (bicyclic) bond motifs is 6. The Hall–Kier alpha value is -7.75. The number of benzene rings is 9. The molecule has 3 nitrogen and oxygen atoms in total. The summed E-state index contributed by atoms with van der Waals surface area (Å²) in [7, 11) is 0. The van der Waals surface area contributed by atoms with Gasteiger partial charge < -0.3 is 0 Å². The quantitative estimate of drug-likeness (QED) is 0.152. The second-order valence-electron chi connectivity index (χ2n) is 15.4. The molecule has 0 saturated carbocycles. The van der Waals surface area contributed by atoms with E-state index < -0.39 is 0 Å². The van der Waals surface area contributed by atoms with Crippen LogP contribution in [0.4, 0.5) is 0 Å². The van der Waals surface area contributed by atoms with Crippen molar-refractivity contribution in [2.24, 2.45) is 0 Å². The minimum Gasteiger partial charge on any atom is -0.208 e. The van der Waals surface area contributed by atoms with Crippen LogP contribution in [0.5, 0.6) is 0 Å². The molecule has 0 aliphatic heterocycles. The molecule has 0 spiro atoms. The summed E-state index contributed by atoms with van der Waals surface area (Å²) in [5, 5.41) is 7.58. The number of nitrogens with zero attached hydrogens (tertiary/aromatic N) is 3. The molecule has 0 fully saturated rings. The zero-order valence-corrected chi connectivity index (χ0v) is 33.0. The SMILES string of the molecule is C1=C(c2ccccc2)CCC=C1c1nc(-c2cccc(-c3ccccc3)c2)nc(-c2ccccc2-c2ccccc2-c2ccc3c4ccccc4c4ccccc4c3c2)n1. The summed E-state index contributed by atoms with van der Waals surface area (Å²) < 4.78 is 0. The maximum Gasteiger partial charge on any atom is 0.164 e. The smallest absolute Gasteiger partial charge is 0.164 e. The van der Waals surface area contributed by atoms with Crippen LogP contribution in [-0.2, 0) is 0 Å². The normalized spacial score (nSPS) is 12.7. The third-order valence-corrected chi connectivity index (χ3v) is 11.8. The predicted octanol–water partition coefficient (Wildman–Crippen LogP) is 14.9. The van der Waals surface area contributed by atoms with E-state index in [0.29, 0.717) is 17.5 Å². The summed E-state index contributed by atoms with van der Waals surface area (Å²) in [6.07, 6.45) is 6.41. The van der Waals surface area contributed by atoms with Gasteiger partial charge >= 0.3 is 0 Å². The van der Waals surface area contributed by atoms with Crippen molar-refractivity contribution in [1.29, 1.82) is 0 Å². The van der Waals surface area contributed by atoms with Crippen LogP contribution in [-0.4, -0.2) is 15.0 Å². The average molecular weight is 766 g/mol. The number of hydrogen-bond acceptors (Lipinski definition) is 3. The third-order valence-electron chi connectivity index (χ3n) is 11.8. The lowest BCUT2D eigenvalue weighted by Gasteiger charge is -2.17. The van der Waals surface area contributed by atoms with E-state index in [2.05, 4.69) is 206 Å². The zero-order chi connectivity index (χ0) is 39.8. The first-order valence-corrected chi connectivity index (χ1v) is 20.7. The predicted molar refractivity (Wildman–Crippen MR) is 251 cm³/mol. The van der Waals surface area contributed by atoms with Crippen molar-refractivity contribution in [3.05, 3.63) is 224 Å². The molecule has 60 heavy (non-hydrogen) atoms. The molecular weight excluding hydrogens is 727 g/mol. The van der Waals surface area contributed by atoms with Crippen LogP contribution >= 0.6 is 0 Å². The van der Waals surface area contributed by atoms with Crippen LogP contribution in [0.1, 0.15) is 24.2 Å².